The van der Waals surface area contributed by atoms with Gasteiger partial charge in [-0.3, -0.25) is 9.13 Å². The van der Waals surface area contributed by atoms with Gasteiger partial charge in [-0.05, 0) is 46.0 Å². The lowest BCUT2D eigenvalue weighted by Crippen LogP contribution is -2.26. The fourth-order valence-electron chi connectivity index (χ4n) is 5.49. The maximum atomic E-state index is 13.6. The van der Waals surface area contributed by atoms with Gasteiger partial charge >= 0.3 is 5.69 Å². The summed E-state index contributed by atoms with van der Waals surface area (Å²) in [5.41, 5.74) is 6.55. The highest BCUT2D eigenvalue weighted by Crippen LogP contribution is 2.33. The van der Waals surface area contributed by atoms with Crippen LogP contribution in [-0.4, -0.2) is 29.3 Å². The van der Waals surface area contributed by atoms with Crippen LogP contribution in [-0.2, 0) is 13.1 Å². The van der Waals surface area contributed by atoms with E-state index in [9.17, 15) is 4.79 Å². The topological polar surface area (TPSA) is 70.5 Å². The van der Waals surface area contributed by atoms with E-state index in [4.69, 9.17) is 0 Å². The second kappa shape index (κ2) is 10.4. The molecule has 1 aliphatic carbocycles. The predicted octanol–water partition coefficient (Wildman–Crippen LogP) is 5.44. The smallest absolute Gasteiger partial charge is 0.295 e. The van der Waals surface area contributed by atoms with Crippen molar-refractivity contribution in [2.75, 3.05) is 0 Å². The summed E-state index contributed by atoms with van der Waals surface area (Å²) in [5.74, 6) is 0.445. The van der Waals surface area contributed by atoms with Crippen LogP contribution < -0.4 is 5.69 Å². The second-order valence-electron chi connectivity index (χ2n) is 9.84. The summed E-state index contributed by atoms with van der Waals surface area (Å²) >= 11 is 0. The first-order valence-electron chi connectivity index (χ1n) is 13.0. The largest absolute Gasteiger partial charge is 0.328 e. The van der Waals surface area contributed by atoms with Crippen molar-refractivity contribution in [2.45, 2.75) is 51.1 Å². The molecule has 6 rings (SSSR count). The van der Waals surface area contributed by atoms with Crippen LogP contribution in [0.5, 0.6) is 0 Å². The van der Waals surface area contributed by atoms with E-state index in [1.807, 2.05) is 45.5 Å². The van der Waals surface area contributed by atoms with Gasteiger partial charge in [0.05, 0.1) is 18.8 Å². The molecule has 7 nitrogen and oxygen atoms in total. The molecule has 2 aromatic heterocycles. The normalized spacial score (nSPS) is 14.2. The average Bonchev–Trinajstić information content (AvgIpc) is 3.60. The molecule has 1 fully saturated rings. The molecule has 3 aromatic carbocycles. The molecule has 0 atom stereocenters. The Hall–Kier alpha value is -4.26. The summed E-state index contributed by atoms with van der Waals surface area (Å²) in [4.78, 5) is 13.6. The van der Waals surface area contributed by atoms with Gasteiger partial charge in [0.2, 0.25) is 0 Å². The van der Waals surface area contributed by atoms with Gasteiger partial charge in [0.25, 0.3) is 0 Å². The van der Waals surface area contributed by atoms with Crippen LogP contribution in [0.2, 0.25) is 0 Å². The second-order valence-corrected chi connectivity index (χ2v) is 9.84. The van der Waals surface area contributed by atoms with Crippen LogP contribution in [0.25, 0.3) is 16.8 Å². The minimum Gasteiger partial charge on any atom is -0.295 e. The molecular weight excluding hydrogens is 460 g/mol. The molecule has 0 saturated heterocycles. The third-order valence-corrected chi connectivity index (χ3v) is 7.40. The van der Waals surface area contributed by atoms with Crippen molar-refractivity contribution < 1.29 is 0 Å². The number of imidazole rings is 1. The van der Waals surface area contributed by atoms with Gasteiger partial charge in [-0.2, -0.15) is 4.68 Å². The molecule has 0 N–H and O–H groups in total. The first-order valence-corrected chi connectivity index (χ1v) is 13.0. The number of tetrazole rings is 1. The lowest BCUT2D eigenvalue weighted by Gasteiger charge is -2.22. The molecule has 7 heteroatoms. The summed E-state index contributed by atoms with van der Waals surface area (Å²) in [5, 5.41) is 11.6. The summed E-state index contributed by atoms with van der Waals surface area (Å²) in [6.07, 6.45) is 9.78. The zero-order valence-electron chi connectivity index (χ0n) is 20.8. The van der Waals surface area contributed by atoms with Crippen LogP contribution in [0.3, 0.4) is 0 Å². The molecule has 186 valence electrons. The van der Waals surface area contributed by atoms with E-state index >= 15 is 0 Å². The van der Waals surface area contributed by atoms with Crippen molar-refractivity contribution >= 4 is 0 Å². The Kier molecular flexibility index (Phi) is 6.50. The number of benzene rings is 3. The van der Waals surface area contributed by atoms with Crippen LogP contribution in [0.4, 0.5) is 0 Å². The van der Waals surface area contributed by atoms with E-state index in [2.05, 4.69) is 64.2 Å². The molecule has 1 aliphatic rings. The third-order valence-electron chi connectivity index (χ3n) is 7.40. The Balaban J connectivity index is 1.31. The molecule has 2 heterocycles. The summed E-state index contributed by atoms with van der Waals surface area (Å²) in [6.45, 7) is 1.17. The standard InChI is InChI=1S/C30H30N6O/c37-30-34(19-23-9-3-1-4-10-23)21-29(26-11-5-2-6-12-26)35(30)20-24-15-17-25(18-16-24)27-13-7-8-14-28(27)36-22-31-32-33-36/h1,3-4,7-10,13-18,21-22,26H,2,5-6,11-12,19-20H2. The maximum absolute atomic E-state index is 13.6. The monoisotopic (exact) mass is 490 g/mol. The minimum absolute atomic E-state index is 0.0672. The van der Waals surface area contributed by atoms with Gasteiger partial charge < -0.3 is 0 Å². The lowest BCUT2D eigenvalue weighted by atomic mass is 9.87. The zero-order chi connectivity index (χ0) is 25.0. The third kappa shape index (κ3) is 4.89. The van der Waals surface area contributed by atoms with Crippen LogP contribution in [0.1, 0.15) is 54.8 Å². The Morgan fingerprint density at radius 1 is 0.784 bits per heavy atom. The zero-order valence-corrected chi connectivity index (χ0v) is 20.8. The van der Waals surface area contributed by atoms with Gasteiger partial charge in [0.15, 0.2) is 0 Å². The van der Waals surface area contributed by atoms with Crippen molar-refractivity contribution in [3.8, 4) is 16.8 Å². The molecular formula is C30H30N6O. The minimum atomic E-state index is 0.0672. The number of rotatable bonds is 7. The Morgan fingerprint density at radius 3 is 2.27 bits per heavy atom. The van der Waals surface area contributed by atoms with E-state index in [1.165, 1.54) is 25.0 Å². The van der Waals surface area contributed by atoms with Gasteiger partial charge in [-0.15, -0.1) is 5.10 Å². The first-order chi connectivity index (χ1) is 18.3. The SMILES string of the molecule is O=c1n(Cc2ccccc2)cc(C2CCCCC2)n1Cc1ccc(-c2ccccc2-n2cnnn2)cc1. The van der Waals surface area contributed by atoms with Crippen LogP contribution in [0.15, 0.2) is 96.2 Å². The molecule has 0 bridgehead atoms. The molecule has 0 spiro atoms. The molecule has 0 radical (unpaired) electrons. The van der Waals surface area contributed by atoms with Gasteiger partial charge in [0, 0.05) is 23.4 Å². The van der Waals surface area contributed by atoms with E-state index in [0.29, 0.717) is 19.0 Å². The first kappa shape index (κ1) is 23.2. The molecule has 0 aliphatic heterocycles. The predicted molar refractivity (Wildman–Crippen MR) is 144 cm³/mol. The Morgan fingerprint density at radius 2 is 1.51 bits per heavy atom. The van der Waals surface area contributed by atoms with E-state index in [1.54, 1.807) is 11.0 Å². The van der Waals surface area contributed by atoms with Gasteiger partial charge in [0.1, 0.15) is 6.33 Å². The summed E-state index contributed by atoms with van der Waals surface area (Å²) in [7, 11) is 0. The van der Waals surface area contributed by atoms with Crippen molar-refractivity contribution in [3.63, 3.8) is 0 Å². The number of hydrogen-bond donors (Lipinski definition) is 0. The molecule has 0 unspecified atom stereocenters. The Labute approximate surface area is 216 Å². The highest BCUT2D eigenvalue weighted by Gasteiger charge is 2.22. The molecule has 37 heavy (non-hydrogen) atoms. The highest BCUT2D eigenvalue weighted by molar-refractivity contribution is 5.72. The van der Waals surface area contributed by atoms with Crippen molar-refractivity contribution in [1.82, 2.24) is 29.3 Å². The van der Waals surface area contributed by atoms with Crippen LogP contribution in [0, 0.1) is 0 Å². The number of aromatic nitrogens is 6. The molecule has 1 saturated carbocycles. The van der Waals surface area contributed by atoms with E-state index in [0.717, 1.165) is 40.8 Å². The van der Waals surface area contributed by atoms with Crippen molar-refractivity contribution in [2.24, 2.45) is 0 Å². The van der Waals surface area contributed by atoms with Crippen LogP contribution >= 0.6 is 0 Å². The molecule has 5 aromatic rings. The maximum Gasteiger partial charge on any atom is 0.328 e. The van der Waals surface area contributed by atoms with Gasteiger partial charge in [-0.1, -0.05) is 92.1 Å². The summed E-state index contributed by atoms with van der Waals surface area (Å²) < 4.78 is 5.56. The lowest BCUT2D eigenvalue weighted by molar-refractivity contribution is 0.425. The molecule has 0 amide bonds. The number of nitrogens with zero attached hydrogens (tertiary/aromatic N) is 6. The van der Waals surface area contributed by atoms with E-state index < -0.39 is 0 Å². The number of para-hydroxylation sites is 1. The Bertz CT molecular complexity index is 1510. The van der Waals surface area contributed by atoms with Crippen molar-refractivity contribution in [3.05, 3.63) is 119 Å². The number of hydrogen-bond acceptors (Lipinski definition) is 4. The van der Waals surface area contributed by atoms with Gasteiger partial charge in [-0.25, -0.2) is 4.79 Å². The average molecular weight is 491 g/mol. The quantitative estimate of drug-likeness (QED) is 0.305. The van der Waals surface area contributed by atoms with E-state index in [-0.39, 0.29) is 5.69 Å². The summed E-state index contributed by atoms with van der Waals surface area (Å²) in [6, 6.07) is 26.8. The highest BCUT2D eigenvalue weighted by atomic mass is 16.1. The fraction of sp³-hybridized carbons (Fsp3) is 0.267. The fourth-order valence-corrected chi connectivity index (χ4v) is 5.49. The van der Waals surface area contributed by atoms with Crippen molar-refractivity contribution in [1.29, 1.82) is 0 Å².